The third kappa shape index (κ3) is 3.49. The summed E-state index contributed by atoms with van der Waals surface area (Å²) in [5, 5.41) is 13.0. The van der Waals surface area contributed by atoms with Crippen LogP contribution in [0.1, 0.15) is 5.56 Å². The second kappa shape index (κ2) is 6.08. The summed E-state index contributed by atoms with van der Waals surface area (Å²) in [6.07, 6.45) is 0. The van der Waals surface area contributed by atoms with Crippen LogP contribution in [0, 0.1) is 0 Å². The summed E-state index contributed by atoms with van der Waals surface area (Å²) in [6, 6.07) is 11.3. The molecule has 0 atom stereocenters. The summed E-state index contributed by atoms with van der Waals surface area (Å²) in [7, 11) is 0. The van der Waals surface area contributed by atoms with E-state index in [0.29, 0.717) is 6.54 Å². The standard InChI is InChI=1S/C13H10Br3NO/c14-9-2-4-13(18)8(5-9)7-17-12-6-10(15)1-3-11(12)16/h1-6,17-18H,7H2. The van der Waals surface area contributed by atoms with Crippen LogP contribution in [-0.2, 0) is 6.54 Å². The van der Waals surface area contributed by atoms with E-state index in [1.807, 2.05) is 30.3 Å². The summed E-state index contributed by atoms with van der Waals surface area (Å²) >= 11 is 10.3. The van der Waals surface area contributed by atoms with Crippen molar-refractivity contribution in [3.05, 3.63) is 55.4 Å². The van der Waals surface area contributed by atoms with Crippen LogP contribution in [0.3, 0.4) is 0 Å². The lowest BCUT2D eigenvalue weighted by Gasteiger charge is -2.10. The van der Waals surface area contributed by atoms with Crippen molar-refractivity contribution in [2.24, 2.45) is 0 Å². The molecule has 2 rings (SSSR count). The predicted molar refractivity (Wildman–Crippen MR) is 85.0 cm³/mol. The van der Waals surface area contributed by atoms with E-state index >= 15 is 0 Å². The Bertz CT molecular complexity index is 521. The third-order valence-corrected chi connectivity index (χ3v) is 4.12. The normalized spacial score (nSPS) is 10.4. The quantitative estimate of drug-likeness (QED) is 0.686. The summed E-state index contributed by atoms with van der Waals surface area (Å²) < 4.78 is 2.94. The molecule has 0 heterocycles. The van der Waals surface area contributed by atoms with Crippen molar-refractivity contribution in [3.63, 3.8) is 0 Å². The van der Waals surface area contributed by atoms with Crippen LogP contribution < -0.4 is 5.32 Å². The van der Waals surface area contributed by atoms with E-state index < -0.39 is 0 Å². The van der Waals surface area contributed by atoms with E-state index in [9.17, 15) is 5.11 Å². The van der Waals surface area contributed by atoms with Gasteiger partial charge in [0, 0.05) is 31.2 Å². The molecule has 0 radical (unpaired) electrons. The zero-order chi connectivity index (χ0) is 13.1. The van der Waals surface area contributed by atoms with E-state index in [1.165, 1.54) is 0 Å². The molecule has 18 heavy (non-hydrogen) atoms. The van der Waals surface area contributed by atoms with Crippen molar-refractivity contribution in [2.75, 3.05) is 5.32 Å². The number of benzene rings is 2. The summed E-state index contributed by atoms with van der Waals surface area (Å²) in [5.74, 6) is 0.289. The largest absolute Gasteiger partial charge is 0.508 e. The highest BCUT2D eigenvalue weighted by Crippen LogP contribution is 2.28. The van der Waals surface area contributed by atoms with Crippen LogP contribution in [0.25, 0.3) is 0 Å². The number of anilines is 1. The van der Waals surface area contributed by atoms with Crippen LogP contribution in [0.2, 0.25) is 0 Å². The van der Waals surface area contributed by atoms with Gasteiger partial charge in [-0.15, -0.1) is 0 Å². The maximum absolute atomic E-state index is 9.76. The van der Waals surface area contributed by atoms with Crippen LogP contribution in [0.15, 0.2) is 49.8 Å². The molecular weight excluding hydrogens is 426 g/mol. The molecule has 0 aromatic heterocycles. The molecule has 0 unspecified atom stereocenters. The van der Waals surface area contributed by atoms with Crippen molar-refractivity contribution >= 4 is 53.5 Å². The molecule has 0 aliphatic carbocycles. The Morgan fingerprint density at radius 2 is 1.61 bits per heavy atom. The van der Waals surface area contributed by atoms with Crippen molar-refractivity contribution in [1.29, 1.82) is 0 Å². The Balaban J connectivity index is 2.16. The molecule has 0 amide bonds. The van der Waals surface area contributed by atoms with Gasteiger partial charge in [0.15, 0.2) is 0 Å². The van der Waals surface area contributed by atoms with Crippen molar-refractivity contribution in [3.8, 4) is 5.75 Å². The lowest BCUT2D eigenvalue weighted by molar-refractivity contribution is 0.469. The molecule has 0 saturated carbocycles. The first-order valence-corrected chi connectivity index (χ1v) is 7.60. The molecule has 2 aromatic rings. The van der Waals surface area contributed by atoms with E-state index in [4.69, 9.17) is 0 Å². The fourth-order valence-electron chi connectivity index (χ4n) is 1.52. The molecule has 2 aromatic carbocycles. The van der Waals surface area contributed by atoms with Crippen molar-refractivity contribution in [2.45, 2.75) is 6.54 Å². The van der Waals surface area contributed by atoms with E-state index in [2.05, 4.69) is 53.1 Å². The zero-order valence-corrected chi connectivity index (χ0v) is 14.0. The van der Waals surface area contributed by atoms with Gasteiger partial charge in [0.25, 0.3) is 0 Å². The average molecular weight is 436 g/mol. The summed E-state index contributed by atoms with van der Waals surface area (Å²) in [5.41, 5.74) is 1.82. The Morgan fingerprint density at radius 3 is 2.39 bits per heavy atom. The SMILES string of the molecule is Oc1ccc(Br)cc1CNc1cc(Br)ccc1Br. The van der Waals surface area contributed by atoms with Gasteiger partial charge in [-0.2, -0.15) is 0 Å². The van der Waals surface area contributed by atoms with E-state index in [-0.39, 0.29) is 5.75 Å². The van der Waals surface area contributed by atoms with E-state index in [0.717, 1.165) is 24.7 Å². The first kappa shape index (κ1) is 13.9. The summed E-state index contributed by atoms with van der Waals surface area (Å²) in [4.78, 5) is 0. The molecular formula is C13H10Br3NO. The highest BCUT2D eigenvalue weighted by Gasteiger charge is 2.04. The fourth-order valence-corrected chi connectivity index (χ4v) is 2.68. The maximum Gasteiger partial charge on any atom is 0.120 e. The molecule has 2 N–H and O–H groups in total. The highest BCUT2D eigenvalue weighted by atomic mass is 79.9. The van der Waals surface area contributed by atoms with Gasteiger partial charge in [0.1, 0.15) is 5.75 Å². The molecule has 2 nitrogen and oxygen atoms in total. The number of phenolic OH excluding ortho intramolecular Hbond substituents is 1. The number of phenols is 1. The molecule has 0 aliphatic rings. The second-order valence-corrected chi connectivity index (χ2v) is 6.44. The van der Waals surface area contributed by atoms with Crippen molar-refractivity contribution in [1.82, 2.24) is 0 Å². The van der Waals surface area contributed by atoms with Crippen LogP contribution in [-0.4, -0.2) is 5.11 Å². The minimum absolute atomic E-state index is 0.289. The number of rotatable bonds is 3. The van der Waals surface area contributed by atoms with Gasteiger partial charge in [-0.25, -0.2) is 0 Å². The molecule has 0 saturated heterocycles. The average Bonchev–Trinajstić information content (AvgIpc) is 2.34. The maximum atomic E-state index is 9.76. The van der Waals surface area contributed by atoms with Gasteiger partial charge in [0.2, 0.25) is 0 Å². The fraction of sp³-hybridized carbons (Fsp3) is 0.0769. The van der Waals surface area contributed by atoms with Crippen LogP contribution in [0.5, 0.6) is 5.75 Å². The molecule has 0 spiro atoms. The smallest absolute Gasteiger partial charge is 0.120 e. The molecule has 0 bridgehead atoms. The zero-order valence-electron chi connectivity index (χ0n) is 9.25. The van der Waals surface area contributed by atoms with Crippen molar-refractivity contribution < 1.29 is 5.11 Å². The first-order chi connectivity index (χ1) is 8.56. The predicted octanol–water partition coefficient (Wildman–Crippen LogP) is 5.29. The number of aromatic hydroxyl groups is 1. The molecule has 94 valence electrons. The van der Waals surface area contributed by atoms with E-state index in [1.54, 1.807) is 6.07 Å². The molecule has 0 fully saturated rings. The molecule has 5 heteroatoms. The lowest BCUT2D eigenvalue weighted by Crippen LogP contribution is -2.00. The summed E-state index contributed by atoms with van der Waals surface area (Å²) in [6.45, 7) is 0.556. The topological polar surface area (TPSA) is 32.3 Å². The Hall–Kier alpha value is -0.520. The van der Waals surface area contributed by atoms with Gasteiger partial charge in [-0.3, -0.25) is 0 Å². The number of nitrogens with one attached hydrogen (secondary N) is 1. The van der Waals surface area contributed by atoms with Gasteiger partial charge in [-0.05, 0) is 52.3 Å². The Morgan fingerprint density at radius 1 is 0.944 bits per heavy atom. The third-order valence-electron chi connectivity index (χ3n) is 2.44. The Labute approximate surface area is 131 Å². The lowest BCUT2D eigenvalue weighted by atomic mass is 10.2. The van der Waals surface area contributed by atoms with Gasteiger partial charge in [0.05, 0.1) is 0 Å². The first-order valence-electron chi connectivity index (χ1n) is 5.22. The Kier molecular flexibility index (Phi) is 4.70. The number of halogens is 3. The number of hydrogen-bond donors (Lipinski definition) is 2. The van der Waals surface area contributed by atoms with Gasteiger partial charge in [-0.1, -0.05) is 31.9 Å². The molecule has 0 aliphatic heterocycles. The van der Waals surface area contributed by atoms with Gasteiger partial charge >= 0.3 is 0 Å². The number of hydrogen-bond acceptors (Lipinski definition) is 2. The minimum Gasteiger partial charge on any atom is -0.508 e. The van der Waals surface area contributed by atoms with Crippen LogP contribution >= 0.6 is 47.8 Å². The monoisotopic (exact) mass is 433 g/mol. The van der Waals surface area contributed by atoms with Crippen LogP contribution in [0.4, 0.5) is 5.69 Å². The highest BCUT2D eigenvalue weighted by molar-refractivity contribution is 9.11. The second-order valence-electron chi connectivity index (χ2n) is 3.75. The minimum atomic E-state index is 0.289. The van der Waals surface area contributed by atoms with Gasteiger partial charge < -0.3 is 10.4 Å².